The van der Waals surface area contributed by atoms with E-state index in [9.17, 15) is 13.2 Å². The van der Waals surface area contributed by atoms with E-state index in [1.165, 1.54) is 11.8 Å². The van der Waals surface area contributed by atoms with E-state index in [1.807, 2.05) is 6.07 Å². The van der Waals surface area contributed by atoms with Gasteiger partial charge in [0.05, 0.1) is 17.5 Å². The van der Waals surface area contributed by atoms with Crippen molar-refractivity contribution >= 4 is 55.6 Å². The smallest absolute Gasteiger partial charge is 0.255 e. The van der Waals surface area contributed by atoms with Crippen molar-refractivity contribution in [3.8, 4) is 0 Å². The van der Waals surface area contributed by atoms with Gasteiger partial charge in [0.2, 0.25) is 0 Å². The highest BCUT2D eigenvalue weighted by molar-refractivity contribution is 8.15. The Morgan fingerprint density at radius 2 is 1.89 bits per heavy atom. The van der Waals surface area contributed by atoms with Gasteiger partial charge in [-0.1, -0.05) is 29.4 Å². The quantitative estimate of drug-likeness (QED) is 0.794. The highest BCUT2D eigenvalue weighted by Crippen LogP contribution is 2.34. The molecule has 4 rings (SSSR count). The Hall–Kier alpha value is -2.03. The Morgan fingerprint density at radius 3 is 2.63 bits per heavy atom. The van der Waals surface area contributed by atoms with Gasteiger partial charge in [-0.25, -0.2) is 8.42 Å². The SMILES string of the molecule is O=C(Nc1ccc(Cl)cc1)c1cccc(NC2=N[C@@H]3CS(=O)(=O)C[C@@H]3S2)c1. The van der Waals surface area contributed by atoms with Crippen molar-refractivity contribution in [2.45, 2.75) is 11.3 Å². The highest BCUT2D eigenvalue weighted by Gasteiger charge is 2.42. The molecule has 0 bridgehead atoms. The molecule has 140 valence electrons. The average Bonchev–Trinajstić information content (AvgIpc) is 3.09. The summed E-state index contributed by atoms with van der Waals surface area (Å²) in [4.78, 5) is 16.9. The van der Waals surface area contributed by atoms with E-state index in [0.29, 0.717) is 21.4 Å². The molecule has 6 nitrogen and oxygen atoms in total. The number of anilines is 2. The maximum atomic E-state index is 12.4. The summed E-state index contributed by atoms with van der Waals surface area (Å²) < 4.78 is 23.3. The van der Waals surface area contributed by atoms with Gasteiger partial charge in [-0.2, -0.15) is 0 Å². The van der Waals surface area contributed by atoms with Crippen LogP contribution in [-0.4, -0.2) is 42.3 Å². The van der Waals surface area contributed by atoms with Crippen LogP contribution in [0.25, 0.3) is 0 Å². The van der Waals surface area contributed by atoms with Crippen molar-refractivity contribution in [1.82, 2.24) is 0 Å². The third-order valence-corrected chi connectivity index (χ3v) is 7.69. The van der Waals surface area contributed by atoms with Crippen molar-refractivity contribution in [1.29, 1.82) is 0 Å². The zero-order valence-corrected chi connectivity index (χ0v) is 16.4. The van der Waals surface area contributed by atoms with Crippen molar-refractivity contribution < 1.29 is 13.2 Å². The summed E-state index contributed by atoms with van der Waals surface area (Å²) in [5.41, 5.74) is 1.89. The molecule has 2 atom stereocenters. The molecule has 27 heavy (non-hydrogen) atoms. The second-order valence-electron chi connectivity index (χ2n) is 6.40. The number of hydrogen-bond donors (Lipinski definition) is 2. The zero-order valence-electron chi connectivity index (χ0n) is 14.1. The standard InChI is InChI=1S/C18H16ClN3O3S2/c19-12-4-6-13(7-5-12)20-17(23)11-2-1-3-14(8-11)21-18-22-15-9-27(24,25)10-16(15)26-18/h1-8,15-16H,9-10H2,(H,20,23)(H,21,22)/t15-,16+/m1/s1. The van der Waals surface area contributed by atoms with E-state index in [0.717, 1.165) is 5.69 Å². The topological polar surface area (TPSA) is 87.6 Å². The van der Waals surface area contributed by atoms with E-state index < -0.39 is 9.84 Å². The number of sulfone groups is 1. The number of aliphatic imine (C=N–C) groups is 1. The van der Waals surface area contributed by atoms with Crippen LogP contribution in [0.4, 0.5) is 11.4 Å². The van der Waals surface area contributed by atoms with Gasteiger partial charge in [0.15, 0.2) is 15.0 Å². The fourth-order valence-corrected chi connectivity index (χ4v) is 6.82. The van der Waals surface area contributed by atoms with Gasteiger partial charge >= 0.3 is 0 Å². The number of nitrogens with zero attached hydrogens (tertiary/aromatic N) is 1. The summed E-state index contributed by atoms with van der Waals surface area (Å²) in [5, 5.41) is 7.28. The molecule has 9 heteroatoms. The normalized spacial score (nSPS) is 22.8. The molecular formula is C18H16ClN3O3S2. The van der Waals surface area contributed by atoms with Crippen LogP contribution in [0, 0.1) is 0 Å². The number of thioether (sulfide) groups is 1. The molecule has 0 aromatic heterocycles. The molecule has 2 aliphatic rings. The lowest BCUT2D eigenvalue weighted by Gasteiger charge is -2.09. The number of amidine groups is 1. The molecule has 2 aromatic rings. The molecule has 0 saturated carbocycles. The summed E-state index contributed by atoms with van der Waals surface area (Å²) in [7, 11) is -2.97. The molecule has 0 spiro atoms. The second kappa shape index (κ2) is 7.18. The summed E-state index contributed by atoms with van der Waals surface area (Å²) in [6.45, 7) is 0. The zero-order chi connectivity index (χ0) is 19.0. The van der Waals surface area contributed by atoms with Gasteiger partial charge in [0.25, 0.3) is 5.91 Å². The van der Waals surface area contributed by atoms with Gasteiger partial charge < -0.3 is 10.6 Å². The first kappa shape index (κ1) is 18.3. The molecule has 1 amide bonds. The molecule has 2 aliphatic heterocycles. The van der Waals surface area contributed by atoms with Gasteiger partial charge in [-0.05, 0) is 42.5 Å². The monoisotopic (exact) mass is 421 g/mol. The van der Waals surface area contributed by atoms with Crippen LogP contribution in [0.15, 0.2) is 53.5 Å². The molecule has 2 aromatic carbocycles. The third-order valence-electron chi connectivity index (χ3n) is 4.30. The summed E-state index contributed by atoms with van der Waals surface area (Å²) in [6, 6.07) is 13.8. The fourth-order valence-electron chi connectivity index (χ4n) is 3.01. The van der Waals surface area contributed by atoms with Gasteiger partial charge in [-0.15, -0.1) is 0 Å². The number of carbonyl (C=O) groups excluding carboxylic acids is 1. The molecule has 0 radical (unpaired) electrons. The third kappa shape index (κ3) is 4.28. The minimum Gasteiger partial charge on any atom is -0.335 e. The number of carbonyl (C=O) groups is 1. The van der Waals surface area contributed by atoms with E-state index in [-0.39, 0.29) is 28.7 Å². The van der Waals surface area contributed by atoms with Crippen LogP contribution in [0.2, 0.25) is 5.02 Å². The molecular weight excluding hydrogens is 406 g/mol. The van der Waals surface area contributed by atoms with E-state index in [4.69, 9.17) is 11.6 Å². The molecule has 0 aliphatic carbocycles. The van der Waals surface area contributed by atoms with Gasteiger partial charge in [0.1, 0.15) is 0 Å². The van der Waals surface area contributed by atoms with E-state index in [2.05, 4.69) is 15.6 Å². The molecule has 0 unspecified atom stereocenters. The summed E-state index contributed by atoms with van der Waals surface area (Å²) in [6.07, 6.45) is 0. The van der Waals surface area contributed by atoms with Crippen LogP contribution in [0.1, 0.15) is 10.4 Å². The number of halogens is 1. The van der Waals surface area contributed by atoms with Crippen LogP contribution in [-0.2, 0) is 9.84 Å². The largest absolute Gasteiger partial charge is 0.335 e. The first-order valence-corrected chi connectivity index (χ1v) is 11.3. The fraction of sp³-hybridized carbons (Fsp3) is 0.222. The highest BCUT2D eigenvalue weighted by atomic mass is 35.5. The van der Waals surface area contributed by atoms with Crippen LogP contribution < -0.4 is 10.6 Å². The Bertz CT molecular complexity index is 1020. The Morgan fingerprint density at radius 1 is 1.11 bits per heavy atom. The minimum absolute atomic E-state index is 0.0196. The van der Waals surface area contributed by atoms with Gasteiger partial charge in [-0.3, -0.25) is 9.79 Å². The van der Waals surface area contributed by atoms with Crippen LogP contribution >= 0.6 is 23.4 Å². The Balaban J connectivity index is 1.44. The summed E-state index contributed by atoms with van der Waals surface area (Å²) >= 11 is 7.29. The summed E-state index contributed by atoms with van der Waals surface area (Å²) in [5.74, 6) is 0.0462. The number of hydrogen-bond acceptors (Lipinski definition) is 6. The van der Waals surface area contributed by atoms with E-state index in [1.54, 1.807) is 42.5 Å². The Kier molecular flexibility index (Phi) is 4.88. The molecule has 1 saturated heterocycles. The van der Waals surface area contributed by atoms with Crippen molar-refractivity contribution in [3.63, 3.8) is 0 Å². The molecule has 1 fully saturated rings. The molecule has 2 N–H and O–H groups in total. The maximum Gasteiger partial charge on any atom is 0.255 e. The second-order valence-corrected chi connectivity index (χ2v) is 10.2. The van der Waals surface area contributed by atoms with Crippen molar-refractivity contribution in [2.24, 2.45) is 4.99 Å². The lowest BCUT2D eigenvalue weighted by Crippen LogP contribution is -2.14. The van der Waals surface area contributed by atoms with Gasteiger partial charge in [0, 0.05) is 27.2 Å². The van der Waals surface area contributed by atoms with Crippen LogP contribution in [0.3, 0.4) is 0 Å². The maximum absolute atomic E-state index is 12.4. The van der Waals surface area contributed by atoms with Crippen LogP contribution in [0.5, 0.6) is 0 Å². The number of rotatable bonds is 3. The average molecular weight is 422 g/mol. The minimum atomic E-state index is -2.97. The molecule has 2 heterocycles. The van der Waals surface area contributed by atoms with Crippen molar-refractivity contribution in [2.75, 3.05) is 22.1 Å². The predicted octanol–water partition coefficient (Wildman–Crippen LogP) is 3.27. The number of benzene rings is 2. The number of fused-ring (bicyclic) bond motifs is 1. The number of nitrogens with one attached hydrogen (secondary N) is 2. The Labute approximate surface area is 166 Å². The lowest BCUT2D eigenvalue weighted by molar-refractivity contribution is 0.102. The predicted molar refractivity (Wildman–Crippen MR) is 111 cm³/mol. The number of amides is 1. The van der Waals surface area contributed by atoms with Crippen molar-refractivity contribution in [3.05, 3.63) is 59.1 Å². The first-order chi connectivity index (χ1) is 12.9. The van der Waals surface area contributed by atoms with E-state index >= 15 is 0 Å². The first-order valence-electron chi connectivity index (χ1n) is 8.27. The lowest BCUT2D eigenvalue weighted by atomic mass is 10.2.